The molecule has 34 heavy (non-hydrogen) atoms. The summed E-state index contributed by atoms with van der Waals surface area (Å²) in [5.41, 5.74) is 5.08. The lowest BCUT2D eigenvalue weighted by Crippen LogP contribution is -2.02. The van der Waals surface area contributed by atoms with Crippen LogP contribution in [0.2, 0.25) is 0 Å². The lowest BCUT2D eigenvalue weighted by molar-refractivity contribution is 0.414. The number of hydrazine groups is 1. The summed E-state index contributed by atoms with van der Waals surface area (Å²) in [5.74, 6) is 8.85. The molecular weight excluding hydrogens is 429 g/mol. The van der Waals surface area contributed by atoms with E-state index < -0.39 is 0 Å². The third-order valence-corrected chi connectivity index (χ3v) is 5.37. The Labute approximate surface area is 197 Å². The molecule has 2 aromatic heterocycles. The second-order valence-corrected chi connectivity index (χ2v) is 7.49. The molecule has 4 N–H and O–H groups in total. The molecule has 0 aliphatic rings. The molecule has 170 valence electrons. The molecule has 0 saturated carbocycles. The molecular formula is C27H24FN5O. The van der Waals surface area contributed by atoms with Gasteiger partial charge in [-0.25, -0.2) is 14.4 Å². The average molecular weight is 454 g/mol. The fourth-order valence-electron chi connectivity index (χ4n) is 3.80. The van der Waals surface area contributed by atoms with Crippen LogP contribution in [0.3, 0.4) is 0 Å². The minimum atomic E-state index is -0.345. The van der Waals surface area contributed by atoms with Crippen LogP contribution < -0.4 is 16.4 Å². The standard InChI is InChI=1S/C27H20FN3O.H4N2/c1-32-21-6-4-5-18(16-21)15-19-9-10-25-23(17-19)26(20-11-13-29-14-12-20)31-27(30-25)22-7-2-3-8-24(22)28;1-2/h2-14,16-17H,15H2,1H3;1-2H2. The fourth-order valence-corrected chi connectivity index (χ4v) is 3.80. The summed E-state index contributed by atoms with van der Waals surface area (Å²) in [6.07, 6.45) is 4.20. The highest BCUT2D eigenvalue weighted by molar-refractivity contribution is 5.94. The maximum atomic E-state index is 14.5. The van der Waals surface area contributed by atoms with Gasteiger partial charge < -0.3 is 4.74 Å². The summed E-state index contributed by atoms with van der Waals surface area (Å²) in [6.45, 7) is 0. The topological polar surface area (TPSA) is 99.9 Å². The van der Waals surface area contributed by atoms with Gasteiger partial charge in [0.1, 0.15) is 11.6 Å². The van der Waals surface area contributed by atoms with Crippen LogP contribution in [0.4, 0.5) is 4.39 Å². The number of aromatic nitrogens is 3. The number of hydrogen-bond acceptors (Lipinski definition) is 6. The second-order valence-electron chi connectivity index (χ2n) is 7.49. The van der Waals surface area contributed by atoms with Crippen molar-refractivity contribution < 1.29 is 9.13 Å². The van der Waals surface area contributed by atoms with Gasteiger partial charge in [-0.3, -0.25) is 16.7 Å². The van der Waals surface area contributed by atoms with Gasteiger partial charge >= 0.3 is 0 Å². The summed E-state index contributed by atoms with van der Waals surface area (Å²) < 4.78 is 19.8. The van der Waals surface area contributed by atoms with Crippen LogP contribution in [0.25, 0.3) is 33.5 Å². The van der Waals surface area contributed by atoms with Gasteiger partial charge in [-0.05, 0) is 66.1 Å². The van der Waals surface area contributed by atoms with Gasteiger partial charge in [0, 0.05) is 23.3 Å². The van der Waals surface area contributed by atoms with Gasteiger partial charge in [0.05, 0.1) is 23.9 Å². The number of nitrogens with zero attached hydrogens (tertiary/aromatic N) is 3. The number of benzene rings is 3. The SMILES string of the molecule is COc1cccc(Cc2ccc3nc(-c4ccccc4F)nc(-c4ccncc4)c3c2)c1.NN. The molecule has 0 unspecified atom stereocenters. The quantitative estimate of drug-likeness (QED) is 0.290. The Bertz CT molecular complexity index is 1410. The summed E-state index contributed by atoms with van der Waals surface area (Å²) in [5, 5.41) is 0.914. The lowest BCUT2D eigenvalue weighted by Gasteiger charge is -2.12. The van der Waals surface area contributed by atoms with E-state index in [2.05, 4.69) is 39.9 Å². The molecule has 2 heterocycles. The molecule has 3 aromatic carbocycles. The van der Waals surface area contributed by atoms with Gasteiger partial charge in [-0.15, -0.1) is 0 Å². The first-order chi connectivity index (χ1) is 16.7. The van der Waals surface area contributed by atoms with Gasteiger partial charge in [0.2, 0.25) is 0 Å². The van der Waals surface area contributed by atoms with Crippen molar-refractivity contribution in [1.29, 1.82) is 0 Å². The summed E-state index contributed by atoms with van der Waals surface area (Å²) in [4.78, 5) is 13.6. The smallest absolute Gasteiger partial charge is 0.163 e. The van der Waals surface area contributed by atoms with E-state index >= 15 is 0 Å². The Balaban J connectivity index is 0.00000133. The van der Waals surface area contributed by atoms with Crippen molar-refractivity contribution in [1.82, 2.24) is 15.0 Å². The van der Waals surface area contributed by atoms with Gasteiger partial charge in [-0.1, -0.05) is 30.3 Å². The van der Waals surface area contributed by atoms with Crippen LogP contribution in [0.15, 0.2) is 91.3 Å². The Morgan fingerprint density at radius 1 is 0.824 bits per heavy atom. The number of rotatable bonds is 5. The molecule has 5 aromatic rings. The summed E-state index contributed by atoms with van der Waals surface area (Å²) in [6, 6.07) is 24.5. The zero-order valence-corrected chi connectivity index (χ0v) is 18.6. The van der Waals surface area contributed by atoms with Crippen molar-refractivity contribution >= 4 is 10.9 Å². The van der Waals surface area contributed by atoms with E-state index in [1.165, 1.54) is 6.07 Å². The minimum Gasteiger partial charge on any atom is -0.497 e. The van der Waals surface area contributed by atoms with Crippen molar-refractivity contribution in [3.63, 3.8) is 0 Å². The predicted octanol–water partition coefficient (Wildman–Crippen LogP) is 4.92. The first-order valence-corrected chi connectivity index (χ1v) is 10.6. The first kappa shape index (κ1) is 23.0. The number of hydrogen-bond donors (Lipinski definition) is 2. The number of ether oxygens (including phenoxy) is 1. The van der Waals surface area contributed by atoms with E-state index in [0.717, 1.165) is 45.5 Å². The Hall–Kier alpha value is -4.20. The zero-order valence-electron chi connectivity index (χ0n) is 18.6. The number of nitrogens with two attached hydrogens (primary N) is 2. The number of methoxy groups -OCH3 is 1. The molecule has 0 radical (unpaired) electrons. The third-order valence-electron chi connectivity index (χ3n) is 5.37. The number of halogens is 1. The van der Waals surface area contributed by atoms with Crippen molar-refractivity contribution in [2.45, 2.75) is 6.42 Å². The van der Waals surface area contributed by atoms with E-state index in [1.54, 1.807) is 37.7 Å². The highest BCUT2D eigenvalue weighted by Crippen LogP contribution is 2.31. The molecule has 0 aliphatic carbocycles. The van der Waals surface area contributed by atoms with Crippen molar-refractivity contribution in [2.75, 3.05) is 7.11 Å². The number of pyridine rings is 1. The number of fused-ring (bicyclic) bond motifs is 1. The molecule has 0 aliphatic heterocycles. The van der Waals surface area contributed by atoms with E-state index in [9.17, 15) is 4.39 Å². The van der Waals surface area contributed by atoms with Gasteiger partial charge in [0.25, 0.3) is 0 Å². The normalized spacial score (nSPS) is 10.5. The minimum absolute atomic E-state index is 0.345. The van der Waals surface area contributed by atoms with Crippen LogP contribution in [-0.2, 0) is 6.42 Å². The third kappa shape index (κ3) is 4.91. The maximum absolute atomic E-state index is 14.5. The van der Waals surface area contributed by atoms with Crippen LogP contribution >= 0.6 is 0 Å². The van der Waals surface area contributed by atoms with Crippen molar-refractivity contribution in [3.05, 3.63) is 108 Å². The molecule has 0 bridgehead atoms. The first-order valence-electron chi connectivity index (χ1n) is 10.6. The van der Waals surface area contributed by atoms with Gasteiger partial charge in [-0.2, -0.15) is 0 Å². The largest absolute Gasteiger partial charge is 0.497 e. The van der Waals surface area contributed by atoms with E-state index in [1.807, 2.05) is 36.4 Å². The van der Waals surface area contributed by atoms with E-state index in [4.69, 9.17) is 9.72 Å². The molecule has 0 amide bonds. The van der Waals surface area contributed by atoms with E-state index in [-0.39, 0.29) is 5.82 Å². The molecule has 7 heteroatoms. The summed E-state index contributed by atoms with van der Waals surface area (Å²) >= 11 is 0. The highest BCUT2D eigenvalue weighted by Gasteiger charge is 2.14. The predicted molar refractivity (Wildman–Crippen MR) is 132 cm³/mol. The lowest BCUT2D eigenvalue weighted by atomic mass is 10.00. The average Bonchev–Trinajstić information content (AvgIpc) is 2.90. The Morgan fingerprint density at radius 3 is 2.35 bits per heavy atom. The molecule has 6 nitrogen and oxygen atoms in total. The summed E-state index contributed by atoms with van der Waals surface area (Å²) in [7, 11) is 1.67. The fraction of sp³-hybridized carbons (Fsp3) is 0.0741. The molecule has 0 spiro atoms. The van der Waals surface area contributed by atoms with Crippen LogP contribution in [0, 0.1) is 5.82 Å². The molecule has 0 fully saturated rings. The molecule has 0 saturated heterocycles. The maximum Gasteiger partial charge on any atom is 0.163 e. The van der Waals surface area contributed by atoms with Crippen LogP contribution in [0.5, 0.6) is 5.75 Å². The van der Waals surface area contributed by atoms with Crippen LogP contribution in [-0.4, -0.2) is 22.1 Å². The molecule has 0 atom stereocenters. The van der Waals surface area contributed by atoms with Crippen molar-refractivity contribution in [3.8, 4) is 28.4 Å². The monoisotopic (exact) mass is 453 g/mol. The zero-order chi connectivity index (χ0) is 23.9. The molecule has 5 rings (SSSR count). The van der Waals surface area contributed by atoms with Crippen molar-refractivity contribution in [2.24, 2.45) is 11.7 Å². The van der Waals surface area contributed by atoms with Gasteiger partial charge in [0.15, 0.2) is 5.82 Å². The highest BCUT2D eigenvalue weighted by atomic mass is 19.1. The van der Waals surface area contributed by atoms with Crippen LogP contribution in [0.1, 0.15) is 11.1 Å². The van der Waals surface area contributed by atoms with E-state index in [0.29, 0.717) is 11.4 Å². The Kier molecular flexibility index (Phi) is 7.17. The Morgan fingerprint density at radius 2 is 1.59 bits per heavy atom. The second kappa shape index (κ2) is 10.6.